The Morgan fingerprint density at radius 2 is 1.85 bits per heavy atom. The summed E-state index contributed by atoms with van der Waals surface area (Å²) in [5, 5.41) is 2.39. The van der Waals surface area contributed by atoms with Crippen LogP contribution in [0.5, 0.6) is 0 Å². The van der Waals surface area contributed by atoms with Crippen molar-refractivity contribution < 1.29 is 9.59 Å². The normalized spacial score (nSPS) is 14.2. The highest BCUT2D eigenvalue weighted by Crippen LogP contribution is 2.11. The Hall–Kier alpha value is -1.90. The largest absolute Gasteiger partial charge is 0.327 e. The van der Waals surface area contributed by atoms with Crippen LogP contribution in [-0.2, 0) is 4.79 Å². The monoisotopic (exact) mass is 173 g/mol. The minimum Gasteiger partial charge on any atom is -0.327 e. The van der Waals surface area contributed by atoms with Gasteiger partial charge >= 0.3 is 0 Å². The van der Waals surface area contributed by atoms with Crippen molar-refractivity contribution in [1.82, 2.24) is 5.32 Å². The first-order chi connectivity index (χ1) is 6.29. The molecule has 1 heterocycles. The summed E-state index contributed by atoms with van der Waals surface area (Å²) >= 11 is 0. The molecule has 0 unspecified atom stereocenters. The van der Waals surface area contributed by atoms with Crippen molar-refractivity contribution in [2.45, 2.75) is 0 Å². The molecule has 0 aliphatic carbocycles. The number of carbonyl (C=O) groups excluding carboxylic acids is 2. The Balaban J connectivity index is 2.29. The minimum atomic E-state index is -0.297. The number of Topliss-reactive ketones (excluding diaryl/α,β-unsaturated/α-hetero) is 1. The molecular weight excluding hydrogens is 166 g/mol. The Bertz CT molecular complexity index is 393. The zero-order chi connectivity index (χ0) is 9.26. The summed E-state index contributed by atoms with van der Waals surface area (Å²) in [5.74, 6) is -0.516. The third-order valence-corrected chi connectivity index (χ3v) is 1.87. The van der Waals surface area contributed by atoms with E-state index in [4.69, 9.17) is 0 Å². The van der Waals surface area contributed by atoms with Gasteiger partial charge in [-0.2, -0.15) is 0 Å². The van der Waals surface area contributed by atoms with E-state index in [1.54, 1.807) is 24.3 Å². The third kappa shape index (κ3) is 1.24. The molecule has 0 spiro atoms. The van der Waals surface area contributed by atoms with Crippen LogP contribution in [0.25, 0.3) is 0 Å². The molecule has 0 aromatic heterocycles. The molecule has 0 saturated heterocycles. The molecule has 1 aromatic rings. The molecule has 0 bridgehead atoms. The molecule has 3 heteroatoms. The predicted molar refractivity (Wildman–Crippen MR) is 47.0 cm³/mol. The van der Waals surface area contributed by atoms with Gasteiger partial charge in [-0.1, -0.05) is 30.3 Å². The average Bonchev–Trinajstić information content (AvgIpc) is 2.17. The van der Waals surface area contributed by atoms with Crippen LogP contribution in [0.15, 0.2) is 42.1 Å². The van der Waals surface area contributed by atoms with Crippen molar-refractivity contribution in [3.63, 3.8) is 0 Å². The molecule has 0 radical (unpaired) electrons. The number of carbonyl (C=O) groups is 2. The molecule has 0 atom stereocenters. The fourth-order valence-corrected chi connectivity index (χ4v) is 1.12. The Kier molecular flexibility index (Phi) is 1.70. The Morgan fingerprint density at radius 1 is 1.15 bits per heavy atom. The zero-order valence-corrected chi connectivity index (χ0v) is 6.78. The lowest BCUT2D eigenvalue weighted by Crippen LogP contribution is -2.34. The van der Waals surface area contributed by atoms with E-state index in [1.165, 1.54) is 6.20 Å². The molecular formula is C10H7NO2. The van der Waals surface area contributed by atoms with Crippen LogP contribution >= 0.6 is 0 Å². The molecule has 2 rings (SSSR count). The predicted octanol–water partition coefficient (Wildman–Crippen LogP) is 0.883. The van der Waals surface area contributed by atoms with Crippen molar-refractivity contribution >= 4 is 11.7 Å². The summed E-state index contributed by atoms with van der Waals surface area (Å²) in [6.07, 6.45) is 1.43. The van der Waals surface area contributed by atoms with Crippen LogP contribution in [0.4, 0.5) is 0 Å². The lowest BCUT2D eigenvalue weighted by atomic mass is 10.0. The quantitative estimate of drug-likeness (QED) is 0.533. The van der Waals surface area contributed by atoms with E-state index in [2.05, 4.69) is 5.32 Å². The zero-order valence-electron chi connectivity index (χ0n) is 6.78. The standard InChI is InChI=1S/C10H7NO2/c12-9(8-6-11-10(8)13)7-4-2-1-3-5-7/h1-6H,(H,11,13). The molecule has 3 nitrogen and oxygen atoms in total. The summed E-state index contributed by atoms with van der Waals surface area (Å²) in [5.41, 5.74) is 0.773. The average molecular weight is 173 g/mol. The van der Waals surface area contributed by atoms with Gasteiger partial charge < -0.3 is 5.32 Å². The molecule has 64 valence electrons. The fourth-order valence-electron chi connectivity index (χ4n) is 1.12. The van der Waals surface area contributed by atoms with Gasteiger partial charge in [-0.3, -0.25) is 9.59 Å². The molecule has 0 fully saturated rings. The van der Waals surface area contributed by atoms with E-state index >= 15 is 0 Å². The maximum atomic E-state index is 11.5. The number of amides is 1. The first-order valence-electron chi connectivity index (χ1n) is 3.90. The van der Waals surface area contributed by atoms with Crippen molar-refractivity contribution in [1.29, 1.82) is 0 Å². The van der Waals surface area contributed by atoms with Crippen LogP contribution < -0.4 is 5.32 Å². The third-order valence-electron chi connectivity index (χ3n) is 1.87. The summed E-state index contributed by atoms with van der Waals surface area (Å²) in [4.78, 5) is 22.4. The maximum absolute atomic E-state index is 11.5. The van der Waals surface area contributed by atoms with Crippen LogP contribution in [0.2, 0.25) is 0 Å². The Morgan fingerprint density at radius 3 is 2.31 bits per heavy atom. The SMILES string of the molecule is O=C1NC=C1C(=O)c1ccccc1. The second kappa shape index (κ2) is 2.86. The molecule has 1 aliphatic rings. The molecule has 1 N–H and O–H groups in total. The lowest BCUT2D eigenvalue weighted by Gasteiger charge is -2.12. The number of hydrogen-bond donors (Lipinski definition) is 1. The summed E-state index contributed by atoms with van der Waals surface area (Å²) in [6, 6.07) is 8.74. The van der Waals surface area contributed by atoms with Crippen molar-refractivity contribution in [2.75, 3.05) is 0 Å². The van der Waals surface area contributed by atoms with Crippen LogP contribution in [0, 0.1) is 0 Å². The number of hydrogen-bond acceptors (Lipinski definition) is 2. The fraction of sp³-hybridized carbons (Fsp3) is 0. The highest BCUT2D eigenvalue weighted by molar-refractivity contribution is 6.28. The van der Waals surface area contributed by atoms with Gasteiger partial charge in [-0.25, -0.2) is 0 Å². The molecule has 13 heavy (non-hydrogen) atoms. The second-order valence-corrected chi connectivity index (χ2v) is 2.73. The van der Waals surface area contributed by atoms with Crippen LogP contribution in [0.3, 0.4) is 0 Å². The smallest absolute Gasteiger partial charge is 0.260 e. The van der Waals surface area contributed by atoms with Crippen LogP contribution in [-0.4, -0.2) is 11.7 Å². The van der Waals surface area contributed by atoms with Crippen molar-refractivity contribution in [2.24, 2.45) is 0 Å². The van der Waals surface area contributed by atoms with E-state index in [1.807, 2.05) is 6.07 Å². The number of benzene rings is 1. The number of rotatable bonds is 2. The first-order valence-corrected chi connectivity index (χ1v) is 3.90. The number of nitrogens with one attached hydrogen (secondary N) is 1. The van der Waals surface area contributed by atoms with Crippen molar-refractivity contribution in [3.8, 4) is 0 Å². The van der Waals surface area contributed by atoms with Gasteiger partial charge in [0.1, 0.15) is 5.57 Å². The van der Waals surface area contributed by atoms with E-state index in [-0.39, 0.29) is 17.3 Å². The summed E-state index contributed by atoms with van der Waals surface area (Å²) in [7, 11) is 0. The van der Waals surface area contributed by atoms with Crippen molar-refractivity contribution in [3.05, 3.63) is 47.7 Å². The second-order valence-electron chi connectivity index (χ2n) is 2.73. The lowest BCUT2D eigenvalue weighted by molar-refractivity contribution is -0.117. The molecule has 1 aromatic carbocycles. The highest BCUT2D eigenvalue weighted by Gasteiger charge is 2.24. The van der Waals surface area contributed by atoms with Gasteiger partial charge in [-0.05, 0) is 0 Å². The molecule has 1 amide bonds. The van der Waals surface area contributed by atoms with E-state index in [0.29, 0.717) is 5.56 Å². The van der Waals surface area contributed by atoms with E-state index in [9.17, 15) is 9.59 Å². The molecule has 1 aliphatic heterocycles. The molecule has 0 saturated carbocycles. The topological polar surface area (TPSA) is 46.2 Å². The highest BCUT2D eigenvalue weighted by atomic mass is 16.2. The van der Waals surface area contributed by atoms with Gasteiger partial charge in [0.15, 0.2) is 5.78 Å². The van der Waals surface area contributed by atoms with E-state index in [0.717, 1.165) is 0 Å². The summed E-state index contributed by atoms with van der Waals surface area (Å²) < 4.78 is 0. The van der Waals surface area contributed by atoms with E-state index < -0.39 is 0 Å². The van der Waals surface area contributed by atoms with Gasteiger partial charge in [-0.15, -0.1) is 0 Å². The maximum Gasteiger partial charge on any atom is 0.260 e. The minimum absolute atomic E-state index is 0.218. The first kappa shape index (κ1) is 7.73. The van der Waals surface area contributed by atoms with Gasteiger partial charge in [0, 0.05) is 11.8 Å². The summed E-state index contributed by atoms with van der Waals surface area (Å²) in [6.45, 7) is 0. The number of ketones is 1. The Labute approximate surface area is 75.1 Å². The van der Waals surface area contributed by atoms with Gasteiger partial charge in [0.05, 0.1) is 0 Å². The van der Waals surface area contributed by atoms with Gasteiger partial charge in [0.25, 0.3) is 5.91 Å². The van der Waals surface area contributed by atoms with Crippen LogP contribution in [0.1, 0.15) is 10.4 Å². The van der Waals surface area contributed by atoms with Gasteiger partial charge in [0.2, 0.25) is 0 Å².